The molecular formula is C21H29N3O3. The molecule has 6 heteroatoms. The fourth-order valence-electron chi connectivity index (χ4n) is 4.23. The van der Waals surface area contributed by atoms with Gasteiger partial charge in [-0.05, 0) is 51.0 Å². The number of carbonyl (C=O) groups is 3. The lowest BCUT2D eigenvalue weighted by atomic mass is 9.81. The van der Waals surface area contributed by atoms with Crippen molar-refractivity contribution in [3.63, 3.8) is 0 Å². The Morgan fingerprint density at radius 3 is 2.11 bits per heavy atom. The smallest absolute Gasteiger partial charge is 0.233 e. The van der Waals surface area contributed by atoms with E-state index in [2.05, 4.69) is 24.1 Å². The zero-order valence-corrected chi connectivity index (χ0v) is 16.2. The first-order chi connectivity index (χ1) is 13.0. The summed E-state index contributed by atoms with van der Waals surface area (Å²) in [6.45, 7) is 6.25. The Bertz CT molecular complexity index is 673. The van der Waals surface area contributed by atoms with Crippen LogP contribution in [0.25, 0.3) is 0 Å². The fraction of sp³-hybridized carbons (Fsp3) is 0.571. The molecule has 27 heavy (non-hydrogen) atoms. The molecule has 0 aromatic heterocycles. The normalized spacial score (nSPS) is 21.9. The van der Waals surface area contributed by atoms with Crippen LogP contribution in [0.4, 0.5) is 11.4 Å². The van der Waals surface area contributed by atoms with E-state index in [9.17, 15) is 14.4 Å². The van der Waals surface area contributed by atoms with E-state index < -0.39 is 0 Å². The minimum absolute atomic E-state index is 0.0823. The quantitative estimate of drug-likeness (QED) is 0.748. The third kappa shape index (κ3) is 4.15. The molecule has 2 atom stereocenters. The highest BCUT2D eigenvalue weighted by Gasteiger charge is 2.47. The molecule has 1 saturated heterocycles. The number of hydrogen-bond donors (Lipinski definition) is 1. The topological polar surface area (TPSA) is 69.7 Å². The third-order valence-electron chi connectivity index (χ3n) is 5.77. The number of fused-ring (bicyclic) bond motifs is 1. The van der Waals surface area contributed by atoms with Gasteiger partial charge in [0.15, 0.2) is 0 Å². The Hall–Kier alpha value is -2.37. The van der Waals surface area contributed by atoms with Crippen molar-refractivity contribution in [2.45, 2.75) is 46.0 Å². The van der Waals surface area contributed by atoms with Gasteiger partial charge in [0.2, 0.25) is 17.7 Å². The summed E-state index contributed by atoms with van der Waals surface area (Å²) in [7, 11) is 0. The van der Waals surface area contributed by atoms with E-state index in [1.807, 2.05) is 24.3 Å². The lowest BCUT2D eigenvalue weighted by Crippen LogP contribution is -2.34. The minimum atomic E-state index is -0.180. The van der Waals surface area contributed by atoms with Crippen LogP contribution in [0.1, 0.15) is 46.0 Å². The largest absolute Gasteiger partial charge is 0.372 e. The number of rotatable bonds is 7. The predicted octanol–water partition coefficient (Wildman–Crippen LogP) is 3.04. The third-order valence-corrected chi connectivity index (χ3v) is 5.77. The van der Waals surface area contributed by atoms with Crippen LogP contribution in [0.5, 0.6) is 0 Å². The number of benzene rings is 1. The van der Waals surface area contributed by atoms with Crippen molar-refractivity contribution < 1.29 is 14.4 Å². The van der Waals surface area contributed by atoms with E-state index in [-0.39, 0.29) is 42.5 Å². The van der Waals surface area contributed by atoms with Crippen LogP contribution in [-0.4, -0.2) is 42.3 Å². The first-order valence-corrected chi connectivity index (χ1v) is 10.0. The van der Waals surface area contributed by atoms with Crippen molar-refractivity contribution in [2.24, 2.45) is 11.8 Å². The summed E-state index contributed by atoms with van der Waals surface area (Å²) in [6.07, 6.45) is 3.76. The molecular weight excluding hydrogens is 342 g/mol. The molecule has 2 aliphatic rings. The summed E-state index contributed by atoms with van der Waals surface area (Å²) in [6, 6.07) is 7.74. The Morgan fingerprint density at radius 2 is 1.59 bits per heavy atom. The van der Waals surface area contributed by atoms with Gasteiger partial charge in [-0.3, -0.25) is 19.3 Å². The van der Waals surface area contributed by atoms with Gasteiger partial charge in [0.1, 0.15) is 0 Å². The number of imide groups is 1. The number of likely N-dealkylation sites (tertiary alicyclic amines) is 1. The minimum Gasteiger partial charge on any atom is -0.372 e. The first-order valence-electron chi connectivity index (χ1n) is 10.0. The summed E-state index contributed by atoms with van der Waals surface area (Å²) in [5, 5.41) is 2.85. The molecule has 1 saturated carbocycles. The van der Waals surface area contributed by atoms with E-state index in [0.29, 0.717) is 0 Å². The van der Waals surface area contributed by atoms with Crippen molar-refractivity contribution in [1.29, 1.82) is 0 Å². The summed E-state index contributed by atoms with van der Waals surface area (Å²) in [4.78, 5) is 40.7. The van der Waals surface area contributed by atoms with Crippen LogP contribution in [0.15, 0.2) is 24.3 Å². The zero-order chi connectivity index (χ0) is 19.4. The summed E-state index contributed by atoms with van der Waals surface area (Å²) < 4.78 is 0. The van der Waals surface area contributed by atoms with Gasteiger partial charge < -0.3 is 10.2 Å². The van der Waals surface area contributed by atoms with E-state index in [0.717, 1.165) is 50.1 Å². The molecule has 0 unspecified atom stereocenters. The van der Waals surface area contributed by atoms with E-state index >= 15 is 0 Å². The van der Waals surface area contributed by atoms with Gasteiger partial charge in [0.25, 0.3) is 0 Å². The van der Waals surface area contributed by atoms with Crippen molar-refractivity contribution >= 4 is 29.1 Å². The molecule has 146 valence electrons. The van der Waals surface area contributed by atoms with Gasteiger partial charge >= 0.3 is 0 Å². The highest BCUT2D eigenvalue weighted by atomic mass is 16.2. The zero-order valence-electron chi connectivity index (χ0n) is 16.2. The SMILES string of the molecule is CCN(CC)c1ccc(NC(=O)CCN2C(=O)[C@H]3CCCC[C@H]3C2=O)cc1. The molecule has 1 aromatic rings. The second-order valence-electron chi connectivity index (χ2n) is 7.34. The number of anilines is 2. The van der Waals surface area contributed by atoms with E-state index in [4.69, 9.17) is 0 Å². The highest BCUT2D eigenvalue weighted by Crippen LogP contribution is 2.37. The Kier molecular flexibility index (Phi) is 6.14. The van der Waals surface area contributed by atoms with Gasteiger partial charge in [0, 0.05) is 37.4 Å². The molecule has 3 amide bonds. The van der Waals surface area contributed by atoms with Crippen molar-refractivity contribution in [1.82, 2.24) is 4.90 Å². The molecule has 1 aliphatic carbocycles. The van der Waals surface area contributed by atoms with Crippen LogP contribution >= 0.6 is 0 Å². The van der Waals surface area contributed by atoms with E-state index in [1.165, 1.54) is 4.90 Å². The molecule has 0 radical (unpaired) electrons. The maximum absolute atomic E-state index is 12.4. The molecule has 6 nitrogen and oxygen atoms in total. The molecule has 2 fully saturated rings. The van der Waals surface area contributed by atoms with E-state index in [1.54, 1.807) is 0 Å². The highest BCUT2D eigenvalue weighted by molar-refractivity contribution is 6.05. The van der Waals surface area contributed by atoms with Crippen LogP contribution in [0.2, 0.25) is 0 Å². The van der Waals surface area contributed by atoms with Gasteiger partial charge in [-0.25, -0.2) is 0 Å². The summed E-state index contributed by atoms with van der Waals surface area (Å²) in [5.41, 5.74) is 1.84. The van der Waals surface area contributed by atoms with Crippen LogP contribution in [0, 0.1) is 11.8 Å². The standard InChI is InChI=1S/C21H29N3O3/c1-3-23(4-2)16-11-9-15(10-12-16)22-19(25)13-14-24-20(26)17-7-5-6-8-18(17)21(24)27/h9-12,17-18H,3-8,13-14H2,1-2H3,(H,22,25)/t17-,18+. The summed E-state index contributed by atoms with van der Waals surface area (Å²) in [5.74, 6) is -0.646. The molecule has 1 aliphatic heterocycles. The number of hydrogen-bond acceptors (Lipinski definition) is 4. The van der Waals surface area contributed by atoms with Crippen LogP contribution in [0.3, 0.4) is 0 Å². The number of nitrogens with one attached hydrogen (secondary N) is 1. The number of nitrogens with zero attached hydrogens (tertiary/aromatic N) is 2. The molecule has 1 heterocycles. The predicted molar refractivity (Wildman–Crippen MR) is 105 cm³/mol. The maximum atomic E-state index is 12.4. The van der Waals surface area contributed by atoms with Gasteiger partial charge in [-0.1, -0.05) is 12.8 Å². The van der Waals surface area contributed by atoms with Crippen molar-refractivity contribution in [2.75, 3.05) is 29.9 Å². The van der Waals surface area contributed by atoms with Gasteiger partial charge in [0.05, 0.1) is 11.8 Å². The van der Waals surface area contributed by atoms with Crippen molar-refractivity contribution in [3.8, 4) is 0 Å². The fourth-order valence-corrected chi connectivity index (χ4v) is 4.23. The lowest BCUT2D eigenvalue weighted by Gasteiger charge is -2.21. The number of amides is 3. The number of carbonyl (C=O) groups excluding carboxylic acids is 3. The average molecular weight is 371 g/mol. The Morgan fingerprint density at radius 1 is 1.04 bits per heavy atom. The molecule has 1 N–H and O–H groups in total. The molecule has 0 bridgehead atoms. The Balaban J connectivity index is 1.52. The monoisotopic (exact) mass is 371 g/mol. The van der Waals surface area contributed by atoms with Crippen molar-refractivity contribution in [3.05, 3.63) is 24.3 Å². The van der Waals surface area contributed by atoms with Crippen LogP contribution < -0.4 is 10.2 Å². The first kappa shape index (κ1) is 19.4. The van der Waals surface area contributed by atoms with Crippen LogP contribution in [-0.2, 0) is 14.4 Å². The molecule has 0 spiro atoms. The van der Waals surface area contributed by atoms with Gasteiger partial charge in [-0.2, -0.15) is 0 Å². The average Bonchev–Trinajstić information content (AvgIpc) is 2.93. The summed E-state index contributed by atoms with van der Waals surface area (Å²) >= 11 is 0. The van der Waals surface area contributed by atoms with Gasteiger partial charge in [-0.15, -0.1) is 0 Å². The second kappa shape index (κ2) is 8.55. The Labute approximate surface area is 160 Å². The molecule has 1 aromatic carbocycles. The lowest BCUT2D eigenvalue weighted by molar-refractivity contribution is -0.140. The maximum Gasteiger partial charge on any atom is 0.233 e. The molecule has 3 rings (SSSR count). The second-order valence-corrected chi connectivity index (χ2v) is 7.34.